The molecule has 1 heterocycles. The number of likely N-dealkylation sites (N-methyl/N-ethyl adjacent to an activating group) is 1. The summed E-state index contributed by atoms with van der Waals surface area (Å²) in [6, 6.07) is -1.34. The van der Waals surface area contributed by atoms with Crippen molar-refractivity contribution in [3.63, 3.8) is 0 Å². The molecule has 16 N–H and O–H groups in total. The Bertz CT molecular complexity index is 2410. The zero-order valence-electron chi connectivity index (χ0n) is 45.3. The molecule has 27 nitrogen and oxygen atoms in total. The van der Waals surface area contributed by atoms with Crippen molar-refractivity contribution < 1.29 is 77.9 Å². The topological polar surface area (TPSA) is 444 Å². The third-order valence-corrected chi connectivity index (χ3v) is 14.3. The van der Waals surface area contributed by atoms with Crippen molar-refractivity contribution in [2.75, 3.05) is 33.0 Å². The predicted octanol–water partition coefficient (Wildman–Crippen LogP) is -1.56. The number of rotatable bonds is 25. The largest absolute Gasteiger partial charge is 0.480 e. The van der Waals surface area contributed by atoms with Crippen LogP contribution in [0.5, 0.6) is 0 Å². The highest BCUT2D eigenvalue weighted by Crippen LogP contribution is 2.23. The summed E-state index contributed by atoms with van der Waals surface area (Å²) in [5.74, 6) is -16.5. The summed E-state index contributed by atoms with van der Waals surface area (Å²) in [6.45, 7) is 6.83. The van der Waals surface area contributed by atoms with Gasteiger partial charge in [0.1, 0.15) is 42.8 Å². The van der Waals surface area contributed by atoms with Crippen LogP contribution < -0.4 is 49.1 Å². The molecule has 0 bridgehead atoms. The number of carbonyl (C=O) groups excluding carboxylic acids is 7. The molecule has 1 fully saturated rings. The van der Waals surface area contributed by atoms with E-state index in [0.717, 1.165) is 36.2 Å². The highest BCUT2D eigenvalue weighted by atomic mass is 32.2. The van der Waals surface area contributed by atoms with Gasteiger partial charge in [-0.15, -0.1) is 0 Å². The Balaban J connectivity index is 2.71. The lowest BCUT2D eigenvalue weighted by atomic mass is 9.94. The van der Waals surface area contributed by atoms with Crippen LogP contribution in [0.25, 0.3) is 0 Å². The summed E-state index contributed by atoms with van der Waals surface area (Å²) in [4.78, 5) is 150. The van der Waals surface area contributed by atoms with Gasteiger partial charge in [0.2, 0.25) is 41.4 Å². The summed E-state index contributed by atoms with van der Waals surface area (Å²) in [7, 11) is 2.75. The SMILES string of the molecule is CO[C@@H](Cc1ccccc1)[C@@H](C)/C=C(C)/C=C/[C@@H]1NC(=O)[C@H](CCCN=C(N)N)NC(=O)[C@@H](C)[C@H](C(=O)O)NC(=O)C(C(C)SC[C@H](NC(=O)CC[C@H](N)C(=O)O)C(=O)NCC(=O)O)N(C)C(=O)CC[C@H](C(=O)O)NC(=O)[C@H]1C. The number of methoxy groups -OCH3 is 1. The molecule has 1 saturated heterocycles. The maximum atomic E-state index is 14.4. The van der Waals surface area contributed by atoms with Crippen molar-refractivity contribution in [2.45, 2.75) is 133 Å². The quantitative estimate of drug-likeness (QED) is 0.0228. The van der Waals surface area contributed by atoms with E-state index >= 15 is 0 Å². The van der Waals surface area contributed by atoms with Gasteiger partial charge in [0.25, 0.3) is 0 Å². The number of aliphatic imine (C=N–C) groups is 1. The van der Waals surface area contributed by atoms with E-state index in [4.69, 9.17) is 27.0 Å². The molecule has 2 unspecified atom stereocenters. The van der Waals surface area contributed by atoms with Crippen molar-refractivity contribution >= 4 is 82.9 Å². The number of allylic oxidation sites excluding steroid dienone is 2. The Kier molecular flexibility index (Phi) is 28.8. The van der Waals surface area contributed by atoms with Gasteiger partial charge in [0, 0.05) is 50.5 Å². The standard InChI is InChI=1S/C51H77N11O16S/c1-26(22-27(2)37(78-7)23-31-12-9-8-10-13-31)15-17-33-28(3)43(67)60-35(49(74)75)18-20-39(64)62(6)42(30(5)79-25-36(45(69)56-24-40(65)66)57-38(63)19-16-32(52)48(72)73)47(71)61-41(50(76)77)29(4)44(68)59-34(46(70)58-33)14-11-21-55-51(53)54/h8-10,12-13,15,17,22,27-30,32-37,41-42H,11,14,16,18-21,23-25,52H2,1-7H3,(H,56,69)(H,57,63)(H,58,70)(H,59,68)(H,60,67)(H,61,71)(H,65,66)(H,72,73)(H,74,75)(H,76,77)(H4,53,54,55)/b17-15+,26-22+/t27-,28-,29-,30?,32-,33-,34-,35+,36-,37-,41+,42?/m0/s1. The Morgan fingerprint density at radius 1 is 0.899 bits per heavy atom. The molecular formula is C51H77N11O16S. The maximum Gasteiger partial charge on any atom is 0.327 e. The van der Waals surface area contributed by atoms with E-state index in [2.05, 4.69) is 36.9 Å². The van der Waals surface area contributed by atoms with Gasteiger partial charge >= 0.3 is 23.9 Å². The number of thioether (sulfide) groups is 1. The van der Waals surface area contributed by atoms with Gasteiger partial charge in [-0.25, -0.2) is 9.59 Å². The average molecular weight is 1130 g/mol. The van der Waals surface area contributed by atoms with Crippen LogP contribution in [0, 0.1) is 17.8 Å². The van der Waals surface area contributed by atoms with Crippen LogP contribution in [0.3, 0.4) is 0 Å². The van der Waals surface area contributed by atoms with Crippen molar-refractivity contribution in [3.05, 3.63) is 59.7 Å². The number of carboxylic acids is 4. The molecule has 438 valence electrons. The summed E-state index contributed by atoms with van der Waals surface area (Å²) >= 11 is 0.774. The second-order valence-corrected chi connectivity index (χ2v) is 20.6. The molecule has 7 amide bonds. The maximum absolute atomic E-state index is 14.4. The Hall–Kier alpha value is -7.59. The second kappa shape index (κ2) is 33.6. The minimum Gasteiger partial charge on any atom is -0.480 e. The van der Waals surface area contributed by atoms with Crippen molar-refractivity contribution in [1.82, 2.24) is 36.8 Å². The number of aliphatic carboxylic acids is 4. The first-order chi connectivity index (χ1) is 37.1. The van der Waals surface area contributed by atoms with E-state index in [1.807, 2.05) is 43.3 Å². The van der Waals surface area contributed by atoms with Gasteiger partial charge in [-0.2, -0.15) is 11.8 Å². The van der Waals surface area contributed by atoms with Crippen LogP contribution in [0.1, 0.15) is 78.7 Å². The van der Waals surface area contributed by atoms with Crippen LogP contribution in [0.15, 0.2) is 59.1 Å². The van der Waals surface area contributed by atoms with E-state index in [9.17, 15) is 68.1 Å². The van der Waals surface area contributed by atoms with Crippen LogP contribution in [-0.2, 0) is 63.9 Å². The number of hydrogen-bond donors (Lipinski definition) is 13. The summed E-state index contributed by atoms with van der Waals surface area (Å²) in [5.41, 5.74) is 18.3. The Labute approximate surface area is 462 Å². The number of carbonyl (C=O) groups is 11. The first kappa shape index (κ1) is 67.5. The second-order valence-electron chi connectivity index (χ2n) is 19.2. The molecule has 12 atom stereocenters. The summed E-state index contributed by atoms with van der Waals surface area (Å²) in [6.07, 6.45) is 3.42. The molecule has 2 rings (SSSR count). The molecule has 0 radical (unpaired) electrons. The number of benzene rings is 1. The highest BCUT2D eigenvalue weighted by Gasteiger charge is 2.40. The molecule has 0 aliphatic carbocycles. The molecular weight excluding hydrogens is 1050 g/mol. The van der Waals surface area contributed by atoms with Gasteiger partial charge in [-0.05, 0) is 44.6 Å². The molecule has 0 spiro atoms. The summed E-state index contributed by atoms with van der Waals surface area (Å²) in [5, 5.41) is 52.5. The number of nitrogens with two attached hydrogens (primary N) is 3. The average Bonchev–Trinajstić information content (AvgIpc) is 3.39. The van der Waals surface area contributed by atoms with Gasteiger partial charge in [0.15, 0.2) is 5.96 Å². The fourth-order valence-electron chi connectivity index (χ4n) is 8.15. The third-order valence-electron chi connectivity index (χ3n) is 13.0. The van der Waals surface area contributed by atoms with Crippen molar-refractivity contribution in [3.8, 4) is 0 Å². The molecule has 0 aromatic heterocycles. The van der Waals surface area contributed by atoms with E-state index < -0.39 is 156 Å². The first-order valence-electron chi connectivity index (χ1n) is 25.4. The molecule has 0 saturated carbocycles. The summed E-state index contributed by atoms with van der Waals surface area (Å²) < 4.78 is 5.81. The van der Waals surface area contributed by atoms with E-state index in [-0.39, 0.29) is 43.8 Å². The molecule has 1 aromatic carbocycles. The van der Waals surface area contributed by atoms with Crippen LogP contribution in [-0.4, -0.2) is 183 Å². The van der Waals surface area contributed by atoms with Crippen molar-refractivity contribution in [2.24, 2.45) is 39.9 Å². The minimum absolute atomic E-state index is 0.00950. The van der Waals surface area contributed by atoms with E-state index in [1.165, 1.54) is 19.9 Å². The van der Waals surface area contributed by atoms with Gasteiger partial charge in [0.05, 0.1) is 24.0 Å². The molecule has 28 heteroatoms. The van der Waals surface area contributed by atoms with Crippen LogP contribution >= 0.6 is 11.8 Å². The van der Waals surface area contributed by atoms with E-state index in [1.54, 1.807) is 20.1 Å². The first-order valence-corrected chi connectivity index (χ1v) is 26.4. The zero-order valence-corrected chi connectivity index (χ0v) is 46.2. The number of amides is 7. The number of nitrogens with zero attached hydrogens (tertiary/aromatic N) is 2. The Morgan fingerprint density at radius 2 is 1.54 bits per heavy atom. The lowest BCUT2D eigenvalue weighted by Crippen LogP contribution is -2.59. The predicted molar refractivity (Wildman–Crippen MR) is 289 cm³/mol. The zero-order chi connectivity index (χ0) is 59.7. The highest BCUT2D eigenvalue weighted by molar-refractivity contribution is 8.00. The smallest absolute Gasteiger partial charge is 0.327 e. The van der Waals surface area contributed by atoms with Gasteiger partial charge < -0.3 is 79.2 Å². The number of ether oxygens (including phenoxy) is 1. The lowest BCUT2D eigenvalue weighted by molar-refractivity contribution is -0.148. The van der Waals surface area contributed by atoms with Crippen LogP contribution in [0.4, 0.5) is 0 Å². The number of guanidine groups is 1. The van der Waals surface area contributed by atoms with Crippen molar-refractivity contribution in [1.29, 1.82) is 0 Å². The minimum atomic E-state index is -2.04. The van der Waals surface area contributed by atoms with Gasteiger partial charge in [-0.1, -0.05) is 81.8 Å². The van der Waals surface area contributed by atoms with Crippen LogP contribution in [0.2, 0.25) is 0 Å². The number of hydrogen-bond acceptors (Lipinski definition) is 15. The Morgan fingerprint density at radius 3 is 2.13 bits per heavy atom. The molecule has 1 aliphatic rings. The lowest BCUT2D eigenvalue weighted by Gasteiger charge is -2.34. The molecule has 79 heavy (non-hydrogen) atoms. The fraction of sp³-hybridized carbons (Fsp3) is 0.569. The monoisotopic (exact) mass is 1130 g/mol. The number of carboxylic acid groups (broad SMARTS) is 4. The van der Waals surface area contributed by atoms with E-state index in [0.29, 0.717) is 12.0 Å². The number of nitrogens with one attached hydrogen (secondary N) is 6. The normalized spacial score (nSPS) is 23.1. The van der Waals surface area contributed by atoms with Gasteiger partial charge in [-0.3, -0.25) is 48.1 Å². The third kappa shape index (κ3) is 23.5. The molecule has 1 aliphatic heterocycles. The fourth-order valence-corrected chi connectivity index (χ4v) is 9.36. The molecule has 1 aromatic rings.